The average molecular weight is 386 g/mol. The van der Waals surface area contributed by atoms with Crippen molar-refractivity contribution in [3.05, 3.63) is 101 Å². The first-order valence-corrected chi connectivity index (χ1v) is 10.00. The highest BCUT2D eigenvalue weighted by Crippen LogP contribution is 2.21. The van der Waals surface area contributed by atoms with Crippen LogP contribution in [0.15, 0.2) is 78.9 Å². The third-order valence-electron chi connectivity index (χ3n) is 5.42. The number of methoxy groups -OCH3 is 1. The number of benzene rings is 3. The van der Waals surface area contributed by atoms with Gasteiger partial charge >= 0.3 is 0 Å². The molecule has 4 heteroatoms. The van der Waals surface area contributed by atoms with Gasteiger partial charge in [-0.15, -0.1) is 0 Å². The zero-order chi connectivity index (χ0) is 20.2. The fourth-order valence-electron chi connectivity index (χ4n) is 3.96. The molecule has 29 heavy (non-hydrogen) atoms. The van der Waals surface area contributed by atoms with Crippen molar-refractivity contribution in [1.29, 1.82) is 5.41 Å². The lowest BCUT2D eigenvalue weighted by atomic mass is 10.1. The summed E-state index contributed by atoms with van der Waals surface area (Å²) in [5.74, 6) is 0. The standard InChI is InChI=1S/C25H27N3O/c1-19-12-14-21(15-13-19)17-27-23-10-6-7-11-24(23)28(25(27)26)22(18-29-2)16-20-8-4-3-5-9-20/h3-15,22,26H,16-18H2,1-2H3/t22-/m0/s1. The molecular weight excluding hydrogens is 358 g/mol. The minimum absolute atomic E-state index is 0.0547. The molecule has 1 heterocycles. The first-order valence-electron chi connectivity index (χ1n) is 10.00. The van der Waals surface area contributed by atoms with Crippen LogP contribution in [0.1, 0.15) is 22.7 Å². The quantitative estimate of drug-likeness (QED) is 0.492. The molecule has 0 fully saturated rings. The molecule has 1 N–H and O–H groups in total. The number of nitrogens with zero attached hydrogens (tertiary/aromatic N) is 2. The molecule has 3 aromatic carbocycles. The molecule has 1 aromatic heterocycles. The summed E-state index contributed by atoms with van der Waals surface area (Å²) in [7, 11) is 1.73. The summed E-state index contributed by atoms with van der Waals surface area (Å²) in [5.41, 5.74) is 6.34. The summed E-state index contributed by atoms with van der Waals surface area (Å²) in [5, 5.41) is 9.01. The Kier molecular flexibility index (Phi) is 5.63. The molecule has 1 atom stereocenters. The molecule has 0 radical (unpaired) electrons. The van der Waals surface area contributed by atoms with E-state index in [1.807, 2.05) is 18.2 Å². The summed E-state index contributed by atoms with van der Waals surface area (Å²) in [4.78, 5) is 0. The fraction of sp³-hybridized carbons (Fsp3) is 0.240. The van der Waals surface area contributed by atoms with Crippen molar-refractivity contribution in [2.45, 2.75) is 25.9 Å². The van der Waals surface area contributed by atoms with Crippen LogP contribution in [0.3, 0.4) is 0 Å². The number of para-hydroxylation sites is 2. The van der Waals surface area contributed by atoms with Gasteiger partial charge in [-0.1, -0.05) is 72.3 Å². The van der Waals surface area contributed by atoms with Gasteiger partial charge in [-0.25, -0.2) is 0 Å². The Hall–Kier alpha value is -3.11. The van der Waals surface area contributed by atoms with Crippen molar-refractivity contribution < 1.29 is 4.74 Å². The van der Waals surface area contributed by atoms with E-state index in [4.69, 9.17) is 10.1 Å². The van der Waals surface area contributed by atoms with Crippen molar-refractivity contribution >= 4 is 11.0 Å². The molecule has 0 aliphatic heterocycles. The monoisotopic (exact) mass is 385 g/mol. The van der Waals surface area contributed by atoms with Gasteiger partial charge in [0.15, 0.2) is 0 Å². The molecule has 4 rings (SSSR count). The van der Waals surface area contributed by atoms with Crippen molar-refractivity contribution in [2.75, 3.05) is 13.7 Å². The van der Waals surface area contributed by atoms with Crippen molar-refractivity contribution in [3.63, 3.8) is 0 Å². The summed E-state index contributed by atoms with van der Waals surface area (Å²) >= 11 is 0. The van der Waals surface area contributed by atoms with E-state index in [2.05, 4.69) is 76.7 Å². The molecular formula is C25H27N3O. The number of aromatic nitrogens is 2. The predicted octanol–water partition coefficient (Wildman–Crippen LogP) is 4.71. The fourth-order valence-corrected chi connectivity index (χ4v) is 3.96. The van der Waals surface area contributed by atoms with Gasteiger partial charge in [-0.2, -0.15) is 0 Å². The molecule has 0 amide bonds. The maximum absolute atomic E-state index is 9.01. The Morgan fingerprint density at radius 2 is 1.48 bits per heavy atom. The van der Waals surface area contributed by atoms with E-state index in [-0.39, 0.29) is 6.04 Å². The number of ether oxygens (including phenoxy) is 1. The molecule has 0 unspecified atom stereocenters. The predicted molar refractivity (Wildman–Crippen MR) is 117 cm³/mol. The van der Waals surface area contributed by atoms with Crippen LogP contribution in [0.5, 0.6) is 0 Å². The third-order valence-corrected chi connectivity index (χ3v) is 5.42. The summed E-state index contributed by atoms with van der Waals surface area (Å²) in [6.45, 7) is 3.33. The number of aryl methyl sites for hydroxylation is 1. The van der Waals surface area contributed by atoms with Gasteiger partial charge in [0.05, 0.1) is 30.2 Å². The Morgan fingerprint density at radius 3 is 2.17 bits per heavy atom. The van der Waals surface area contributed by atoms with Gasteiger partial charge in [-0.3, -0.25) is 5.41 Å². The zero-order valence-electron chi connectivity index (χ0n) is 17.0. The van der Waals surface area contributed by atoms with Crippen LogP contribution >= 0.6 is 0 Å². The Morgan fingerprint density at radius 1 is 0.828 bits per heavy atom. The highest BCUT2D eigenvalue weighted by molar-refractivity contribution is 5.76. The lowest BCUT2D eigenvalue weighted by Gasteiger charge is -2.19. The van der Waals surface area contributed by atoms with Gasteiger partial charge < -0.3 is 13.9 Å². The Balaban J connectivity index is 1.80. The third kappa shape index (κ3) is 4.03. The maximum Gasteiger partial charge on any atom is 0.203 e. The second kappa shape index (κ2) is 8.50. The van der Waals surface area contributed by atoms with Gasteiger partial charge in [-0.05, 0) is 36.6 Å². The van der Waals surface area contributed by atoms with E-state index in [9.17, 15) is 0 Å². The van der Waals surface area contributed by atoms with E-state index in [0.29, 0.717) is 18.8 Å². The van der Waals surface area contributed by atoms with Crippen LogP contribution in [-0.4, -0.2) is 22.9 Å². The largest absolute Gasteiger partial charge is 0.383 e. The second-order valence-electron chi connectivity index (χ2n) is 7.55. The molecule has 0 aliphatic rings. The Labute approximate surface area is 171 Å². The number of fused-ring (bicyclic) bond motifs is 1. The molecule has 148 valence electrons. The normalized spacial score (nSPS) is 12.3. The number of hydrogen-bond acceptors (Lipinski definition) is 2. The summed E-state index contributed by atoms with van der Waals surface area (Å²) in [6.07, 6.45) is 0.823. The van der Waals surface area contributed by atoms with Crippen LogP contribution in [0.25, 0.3) is 11.0 Å². The van der Waals surface area contributed by atoms with Gasteiger partial charge in [0.25, 0.3) is 0 Å². The van der Waals surface area contributed by atoms with Gasteiger partial charge in [0.2, 0.25) is 5.62 Å². The van der Waals surface area contributed by atoms with E-state index in [1.165, 1.54) is 16.7 Å². The second-order valence-corrected chi connectivity index (χ2v) is 7.55. The molecule has 0 aliphatic carbocycles. The van der Waals surface area contributed by atoms with Crippen LogP contribution < -0.4 is 5.62 Å². The van der Waals surface area contributed by atoms with Crippen LogP contribution in [0.2, 0.25) is 0 Å². The van der Waals surface area contributed by atoms with Gasteiger partial charge in [0.1, 0.15) is 0 Å². The molecule has 0 bridgehead atoms. The van der Waals surface area contributed by atoms with Crippen LogP contribution in [0.4, 0.5) is 0 Å². The molecule has 4 nitrogen and oxygen atoms in total. The number of hydrogen-bond donors (Lipinski definition) is 1. The van der Waals surface area contributed by atoms with Crippen molar-refractivity contribution in [3.8, 4) is 0 Å². The average Bonchev–Trinajstić information content (AvgIpc) is 3.02. The van der Waals surface area contributed by atoms with Crippen molar-refractivity contribution in [1.82, 2.24) is 9.13 Å². The Bertz CT molecular complexity index is 1140. The van der Waals surface area contributed by atoms with Crippen LogP contribution in [-0.2, 0) is 17.7 Å². The molecule has 0 saturated carbocycles. The van der Waals surface area contributed by atoms with Crippen molar-refractivity contribution in [2.24, 2.45) is 0 Å². The first-order chi connectivity index (χ1) is 14.2. The minimum Gasteiger partial charge on any atom is -0.383 e. The summed E-state index contributed by atoms with van der Waals surface area (Å²) < 4.78 is 9.78. The minimum atomic E-state index is 0.0547. The number of nitrogens with one attached hydrogen (secondary N) is 1. The topological polar surface area (TPSA) is 42.9 Å². The van der Waals surface area contributed by atoms with E-state index in [1.54, 1.807) is 7.11 Å². The zero-order valence-corrected chi connectivity index (χ0v) is 17.0. The van der Waals surface area contributed by atoms with Gasteiger partial charge in [0, 0.05) is 7.11 Å². The lowest BCUT2D eigenvalue weighted by Crippen LogP contribution is -2.31. The smallest absolute Gasteiger partial charge is 0.203 e. The SMILES string of the molecule is COC[C@H](Cc1ccccc1)n1c(=N)n(Cc2ccc(C)cc2)c2ccccc21. The number of imidazole rings is 1. The van der Waals surface area contributed by atoms with E-state index in [0.717, 1.165) is 17.5 Å². The first kappa shape index (κ1) is 19.2. The van der Waals surface area contributed by atoms with E-state index >= 15 is 0 Å². The highest BCUT2D eigenvalue weighted by atomic mass is 16.5. The molecule has 0 spiro atoms. The lowest BCUT2D eigenvalue weighted by molar-refractivity contribution is 0.154. The maximum atomic E-state index is 9.01. The molecule has 0 saturated heterocycles. The molecule has 4 aromatic rings. The summed E-state index contributed by atoms with van der Waals surface area (Å²) in [6, 6.07) is 27.3. The number of rotatable bonds is 7. The highest BCUT2D eigenvalue weighted by Gasteiger charge is 2.19. The van der Waals surface area contributed by atoms with Crippen LogP contribution in [0, 0.1) is 12.3 Å². The van der Waals surface area contributed by atoms with E-state index < -0.39 is 0 Å².